The fraction of sp³-hybridized carbons (Fsp3) is 0.476. The summed E-state index contributed by atoms with van der Waals surface area (Å²) in [4.78, 5) is 26.4. The molecule has 0 radical (unpaired) electrons. The number of rotatable bonds is 3. The number of carbonyl (C=O) groups excluding carboxylic acids is 1. The molecule has 3 heterocycles. The van der Waals surface area contributed by atoms with Gasteiger partial charge in [0.05, 0.1) is 5.69 Å². The summed E-state index contributed by atoms with van der Waals surface area (Å²) >= 11 is 0. The minimum atomic E-state index is -0.0267. The Kier molecular flexibility index (Phi) is 4.97. The molecule has 1 N–H and O–H groups in total. The third-order valence-corrected chi connectivity index (χ3v) is 5.49. The molecule has 1 aromatic carbocycles. The highest BCUT2D eigenvalue weighted by molar-refractivity contribution is 5.94. The Labute approximate surface area is 159 Å². The number of phenolic OH excluding ortho intramolecular Hbond substituents is 1. The lowest BCUT2D eigenvalue weighted by Crippen LogP contribution is -2.39. The van der Waals surface area contributed by atoms with Crippen molar-refractivity contribution in [3.05, 3.63) is 47.4 Å². The Morgan fingerprint density at radius 3 is 2.70 bits per heavy atom. The number of aryl methyl sites for hydroxylation is 1. The molecule has 2 aliphatic heterocycles. The highest BCUT2D eigenvalue weighted by atomic mass is 16.3. The number of benzene rings is 1. The second-order valence-electron chi connectivity index (χ2n) is 7.53. The molecule has 2 fully saturated rings. The van der Waals surface area contributed by atoms with Crippen LogP contribution in [0.15, 0.2) is 30.3 Å². The molecule has 2 aromatic rings. The molecule has 0 bridgehead atoms. The summed E-state index contributed by atoms with van der Waals surface area (Å²) in [5.74, 6) is 2.14. The minimum Gasteiger partial charge on any atom is -0.508 e. The first kappa shape index (κ1) is 17.8. The summed E-state index contributed by atoms with van der Waals surface area (Å²) in [6.45, 7) is 5.46. The van der Waals surface area contributed by atoms with E-state index in [9.17, 15) is 9.90 Å². The van der Waals surface area contributed by atoms with Crippen LogP contribution in [0.25, 0.3) is 0 Å². The summed E-state index contributed by atoms with van der Waals surface area (Å²) in [7, 11) is 0. The van der Waals surface area contributed by atoms with Crippen LogP contribution in [0.2, 0.25) is 0 Å². The molecule has 1 unspecified atom stereocenters. The third kappa shape index (κ3) is 3.89. The largest absolute Gasteiger partial charge is 0.508 e. The van der Waals surface area contributed by atoms with Gasteiger partial charge in [0.25, 0.3) is 5.91 Å². The van der Waals surface area contributed by atoms with E-state index in [2.05, 4.69) is 16.0 Å². The number of carbonyl (C=O) groups is 1. The molecule has 1 aromatic heterocycles. The minimum absolute atomic E-state index is 0.0267. The monoisotopic (exact) mass is 366 g/mol. The molecule has 142 valence electrons. The maximum absolute atomic E-state index is 12.8. The second-order valence-corrected chi connectivity index (χ2v) is 7.53. The zero-order chi connectivity index (χ0) is 18.8. The van der Waals surface area contributed by atoms with Gasteiger partial charge in [-0.15, -0.1) is 0 Å². The standard InChI is InChI=1S/C21H26N4O2/c1-15-22-19(13-20(23-15)24-9-2-3-10-24)17-7-5-11-25(14-17)21(27)16-6-4-8-18(26)12-16/h4,6,8,12-13,17,26H,2-3,5,7,9-11,14H2,1H3. The van der Waals surface area contributed by atoms with E-state index in [-0.39, 0.29) is 17.6 Å². The van der Waals surface area contributed by atoms with Crippen molar-refractivity contribution in [3.8, 4) is 5.75 Å². The lowest BCUT2D eigenvalue weighted by atomic mass is 9.93. The van der Waals surface area contributed by atoms with Gasteiger partial charge in [-0.1, -0.05) is 6.07 Å². The van der Waals surface area contributed by atoms with Crippen molar-refractivity contribution in [2.45, 2.75) is 38.5 Å². The molecule has 27 heavy (non-hydrogen) atoms. The highest BCUT2D eigenvalue weighted by Gasteiger charge is 2.27. The van der Waals surface area contributed by atoms with Gasteiger partial charge in [0, 0.05) is 43.7 Å². The van der Waals surface area contributed by atoms with Crippen molar-refractivity contribution in [1.82, 2.24) is 14.9 Å². The fourth-order valence-corrected chi connectivity index (χ4v) is 4.12. The van der Waals surface area contributed by atoms with Gasteiger partial charge in [-0.05, 0) is 50.8 Å². The zero-order valence-electron chi connectivity index (χ0n) is 15.8. The lowest BCUT2D eigenvalue weighted by Gasteiger charge is -2.33. The van der Waals surface area contributed by atoms with E-state index >= 15 is 0 Å². The van der Waals surface area contributed by atoms with Crippen molar-refractivity contribution >= 4 is 11.7 Å². The van der Waals surface area contributed by atoms with Gasteiger partial charge < -0.3 is 14.9 Å². The number of piperidine rings is 1. The summed E-state index contributed by atoms with van der Waals surface area (Å²) < 4.78 is 0. The van der Waals surface area contributed by atoms with Crippen LogP contribution < -0.4 is 4.90 Å². The number of hydrogen-bond acceptors (Lipinski definition) is 5. The predicted molar refractivity (Wildman–Crippen MR) is 104 cm³/mol. The first-order valence-electron chi connectivity index (χ1n) is 9.79. The Bertz CT molecular complexity index is 833. The number of hydrogen-bond donors (Lipinski definition) is 1. The maximum atomic E-state index is 12.8. The molecule has 2 saturated heterocycles. The van der Waals surface area contributed by atoms with Gasteiger partial charge >= 0.3 is 0 Å². The maximum Gasteiger partial charge on any atom is 0.254 e. The van der Waals surface area contributed by atoms with Crippen molar-refractivity contribution in [3.63, 3.8) is 0 Å². The van der Waals surface area contributed by atoms with Gasteiger partial charge in [-0.3, -0.25) is 4.79 Å². The second kappa shape index (κ2) is 7.55. The number of amides is 1. The average Bonchev–Trinajstić information content (AvgIpc) is 3.22. The number of nitrogens with zero attached hydrogens (tertiary/aromatic N) is 4. The zero-order valence-corrected chi connectivity index (χ0v) is 15.8. The van der Waals surface area contributed by atoms with Gasteiger partial charge in [-0.2, -0.15) is 0 Å². The van der Waals surface area contributed by atoms with Crippen molar-refractivity contribution in [2.24, 2.45) is 0 Å². The van der Waals surface area contributed by atoms with E-state index in [4.69, 9.17) is 4.98 Å². The van der Waals surface area contributed by atoms with Crippen LogP contribution >= 0.6 is 0 Å². The molecule has 6 heteroatoms. The van der Waals surface area contributed by atoms with Crippen LogP contribution in [-0.4, -0.2) is 52.1 Å². The molecule has 1 atom stereocenters. The quantitative estimate of drug-likeness (QED) is 0.904. The van der Waals surface area contributed by atoms with Crippen LogP contribution in [0.1, 0.15) is 53.5 Å². The smallest absolute Gasteiger partial charge is 0.254 e. The molecule has 1 amide bonds. The van der Waals surface area contributed by atoms with E-state index in [0.717, 1.165) is 49.8 Å². The molecule has 0 saturated carbocycles. The summed E-state index contributed by atoms with van der Waals surface area (Å²) in [6, 6.07) is 8.70. The average molecular weight is 366 g/mol. The van der Waals surface area contributed by atoms with E-state index in [1.165, 1.54) is 18.9 Å². The predicted octanol–water partition coefficient (Wildman–Crippen LogP) is 3.11. The number of phenols is 1. The van der Waals surface area contributed by atoms with Gasteiger partial charge in [0.2, 0.25) is 0 Å². The van der Waals surface area contributed by atoms with Crippen LogP contribution in [0.5, 0.6) is 5.75 Å². The number of likely N-dealkylation sites (tertiary alicyclic amines) is 1. The molecular weight excluding hydrogens is 340 g/mol. The normalized spacial score (nSPS) is 20.1. The molecule has 2 aliphatic rings. The van der Waals surface area contributed by atoms with E-state index in [1.54, 1.807) is 18.2 Å². The van der Waals surface area contributed by atoms with Gasteiger partial charge in [-0.25, -0.2) is 9.97 Å². The van der Waals surface area contributed by atoms with Crippen molar-refractivity contribution < 1.29 is 9.90 Å². The summed E-state index contributed by atoms with van der Waals surface area (Å²) in [6.07, 6.45) is 4.42. The first-order chi connectivity index (χ1) is 13.1. The van der Waals surface area contributed by atoms with Crippen LogP contribution in [0.3, 0.4) is 0 Å². The fourth-order valence-electron chi connectivity index (χ4n) is 4.12. The first-order valence-corrected chi connectivity index (χ1v) is 9.79. The van der Waals surface area contributed by atoms with E-state index in [0.29, 0.717) is 12.1 Å². The summed E-state index contributed by atoms with van der Waals surface area (Å²) in [5, 5.41) is 9.66. The highest BCUT2D eigenvalue weighted by Crippen LogP contribution is 2.29. The summed E-state index contributed by atoms with van der Waals surface area (Å²) in [5.41, 5.74) is 1.57. The van der Waals surface area contributed by atoms with E-state index < -0.39 is 0 Å². The van der Waals surface area contributed by atoms with Crippen molar-refractivity contribution in [1.29, 1.82) is 0 Å². The van der Waals surface area contributed by atoms with Gasteiger partial charge in [0.1, 0.15) is 17.4 Å². The number of aromatic hydroxyl groups is 1. The third-order valence-electron chi connectivity index (χ3n) is 5.49. The van der Waals surface area contributed by atoms with Gasteiger partial charge in [0.15, 0.2) is 0 Å². The molecular formula is C21H26N4O2. The van der Waals surface area contributed by atoms with Crippen LogP contribution in [0.4, 0.5) is 5.82 Å². The SMILES string of the molecule is Cc1nc(C2CCCN(C(=O)c3cccc(O)c3)C2)cc(N2CCCC2)n1. The lowest BCUT2D eigenvalue weighted by molar-refractivity contribution is 0.0705. The Hall–Kier alpha value is -2.63. The molecule has 6 nitrogen and oxygen atoms in total. The van der Waals surface area contributed by atoms with Crippen molar-refractivity contribution in [2.75, 3.05) is 31.1 Å². The molecule has 0 spiro atoms. The molecule has 4 rings (SSSR count). The van der Waals surface area contributed by atoms with Crippen LogP contribution in [0, 0.1) is 6.92 Å². The number of aromatic nitrogens is 2. The number of anilines is 1. The Balaban J connectivity index is 1.53. The molecule has 0 aliphatic carbocycles. The topological polar surface area (TPSA) is 69.6 Å². The Morgan fingerprint density at radius 2 is 1.93 bits per heavy atom. The van der Waals surface area contributed by atoms with E-state index in [1.807, 2.05) is 11.8 Å². The Morgan fingerprint density at radius 1 is 1.11 bits per heavy atom. The van der Waals surface area contributed by atoms with Crippen LogP contribution in [-0.2, 0) is 0 Å².